The molecule has 0 aliphatic heterocycles. The van der Waals surface area contributed by atoms with Crippen LogP contribution in [0.5, 0.6) is 5.75 Å². The summed E-state index contributed by atoms with van der Waals surface area (Å²) in [6, 6.07) is 14.0. The summed E-state index contributed by atoms with van der Waals surface area (Å²) < 4.78 is 8.63. The second-order valence-corrected chi connectivity index (χ2v) is 5.82. The minimum absolute atomic E-state index is 0.0571. The topological polar surface area (TPSA) is 34.4 Å². The van der Waals surface area contributed by atoms with Crippen LogP contribution in [0.25, 0.3) is 10.9 Å². The third kappa shape index (κ3) is 2.69. The summed E-state index contributed by atoms with van der Waals surface area (Å²) in [5, 5.41) is 10.5. The monoisotopic (exact) mass is 345 g/mol. The van der Waals surface area contributed by atoms with Crippen molar-refractivity contribution in [3.63, 3.8) is 0 Å². The van der Waals surface area contributed by atoms with Gasteiger partial charge in [-0.15, -0.1) is 0 Å². The van der Waals surface area contributed by atoms with Crippen molar-refractivity contribution in [2.45, 2.75) is 13.2 Å². The Bertz CT molecular complexity index is 780. The first kappa shape index (κ1) is 14.2. The smallest absolute Gasteiger partial charge is 0.123 e. The van der Waals surface area contributed by atoms with Crippen LogP contribution in [-0.4, -0.2) is 16.8 Å². The molecule has 3 nitrogen and oxygen atoms in total. The van der Waals surface area contributed by atoms with E-state index < -0.39 is 0 Å². The van der Waals surface area contributed by atoms with Crippen molar-refractivity contribution in [1.29, 1.82) is 0 Å². The summed E-state index contributed by atoms with van der Waals surface area (Å²) in [6.45, 7) is 0.780. The molecule has 108 valence electrons. The van der Waals surface area contributed by atoms with Gasteiger partial charge >= 0.3 is 0 Å². The van der Waals surface area contributed by atoms with Gasteiger partial charge in [0.25, 0.3) is 0 Å². The Morgan fingerprint density at radius 3 is 2.76 bits per heavy atom. The molecule has 0 spiro atoms. The van der Waals surface area contributed by atoms with Gasteiger partial charge < -0.3 is 14.4 Å². The highest BCUT2D eigenvalue weighted by Gasteiger charge is 2.08. The predicted octanol–water partition coefficient (Wildman–Crippen LogP) is 3.95. The van der Waals surface area contributed by atoms with Crippen LogP contribution in [0, 0.1) is 0 Å². The first-order valence-electron chi connectivity index (χ1n) is 6.73. The fourth-order valence-electron chi connectivity index (χ4n) is 2.62. The number of ether oxygens (including phenoxy) is 1. The van der Waals surface area contributed by atoms with Crippen LogP contribution in [0.4, 0.5) is 0 Å². The molecule has 0 atom stereocenters. The van der Waals surface area contributed by atoms with Crippen LogP contribution in [0.2, 0.25) is 0 Å². The van der Waals surface area contributed by atoms with Crippen LogP contribution >= 0.6 is 15.9 Å². The lowest BCUT2D eigenvalue weighted by atomic mass is 10.1. The molecule has 0 aliphatic carbocycles. The molecule has 1 aromatic heterocycles. The molecule has 0 aliphatic rings. The molecule has 0 bridgehead atoms. The summed E-state index contributed by atoms with van der Waals surface area (Å²) in [5.74, 6) is 0.873. The SMILES string of the molecule is COc1ccc(Br)cc1Cn1ccc2c(CO)cccc21. The van der Waals surface area contributed by atoms with Gasteiger partial charge in [0, 0.05) is 27.1 Å². The van der Waals surface area contributed by atoms with Gasteiger partial charge in [-0.25, -0.2) is 0 Å². The molecule has 0 unspecified atom stereocenters. The quantitative estimate of drug-likeness (QED) is 0.776. The largest absolute Gasteiger partial charge is 0.496 e. The average molecular weight is 346 g/mol. The van der Waals surface area contributed by atoms with E-state index in [2.05, 4.69) is 32.6 Å². The van der Waals surface area contributed by atoms with E-state index >= 15 is 0 Å². The van der Waals surface area contributed by atoms with Gasteiger partial charge in [0.05, 0.1) is 20.3 Å². The van der Waals surface area contributed by atoms with E-state index in [9.17, 15) is 5.11 Å². The average Bonchev–Trinajstić information content (AvgIpc) is 2.91. The number of hydrogen-bond acceptors (Lipinski definition) is 2. The lowest BCUT2D eigenvalue weighted by Crippen LogP contribution is -2.01. The molecule has 0 saturated heterocycles. The molecule has 3 rings (SSSR count). The molecule has 21 heavy (non-hydrogen) atoms. The highest BCUT2D eigenvalue weighted by Crippen LogP contribution is 2.26. The predicted molar refractivity (Wildman–Crippen MR) is 87.7 cm³/mol. The van der Waals surface area contributed by atoms with Gasteiger partial charge in [-0.1, -0.05) is 28.1 Å². The molecule has 0 amide bonds. The summed E-state index contributed by atoms with van der Waals surface area (Å²) in [4.78, 5) is 0. The highest BCUT2D eigenvalue weighted by molar-refractivity contribution is 9.10. The number of fused-ring (bicyclic) bond motifs is 1. The number of nitrogens with zero attached hydrogens (tertiary/aromatic N) is 1. The Balaban J connectivity index is 2.05. The minimum atomic E-state index is 0.0571. The third-order valence-electron chi connectivity index (χ3n) is 3.66. The molecular weight excluding hydrogens is 330 g/mol. The van der Waals surface area contributed by atoms with Crippen LogP contribution in [0.1, 0.15) is 11.1 Å². The van der Waals surface area contributed by atoms with Crippen LogP contribution in [-0.2, 0) is 13.2 Å². The number of hydrogen-bond donors (Lipinski definition) is 1. The van der Waals surface area contributed by atoms with E-state index in [1.807, 2.05) is 36.5 Å². The molecular formula is C17H16BrNO2. The number of aromatic nitrogens is 1. The molecule has 0 fully saturated rings. The number of rotatable bonds is 4. The Morgan fingerprint density at radius 2 is 2.00 bits per heavy atom. The maximum Gasteiger partial charge on any atom is 0.123 e. The lowest BCUT2D eigenvalue weighted by Gasteiger charge is -2.11. The molecule has 0 saturated carbocycles. The summed E-state index contributed by atoms with van der Waals surface area (Å²) in [6.07, 6.45) is 2.05. The second-order valence-electron chi connectivity index (χ2n) is 4.91. The Hall–Kier alpha value is -1.78. The summed E-state index contributed by atoms with van der Waals surface area (Å²) in [5.41, 5.74) is 3.18. The van der Waals surface area contributed by atoms with E-state index in [-0.39, 0.29) is 6.61 Å². The van der Waals surface area contributed by atoms with Gasteiger partial charge in [-0.05, 0) is 35.9 Å². The van der Waals surface area contributed by atoms with E-state index in [0.717, 1.165) is 38.8 Å². The van der Waals surface area contributed by atoms with Crippen molar-refractivity contribution in [3.8, 4) is 5.75 Å². The van der Waals surface area contributed by atoms with Crippen LogP contribution in [0.15, 0.2) is 53.1 Å². The standard InChI is InChI=1S/C17H16BrNO2/c1-21-17-6-5-14(18)9-13(17)10-19-8-7-15-12(11-20)3-2-4-16(15)19/h2-9,20H,10-11H2,1H3. The fourth-order valence-corrected chi connectivity index (χ4v) is 3.03. The zero-order valence-corrected chi connectivity index (χ0v) is 13.3. The van der Waals surface area contributed by atoms with Gasteiger partial charge in [0.1, 0.15) is 5.75 Å². The Morgan fingerprint density at radius 1 is 1.14 bits per heavy atom. The van der Waals surface area contributed by atoms with E-state index in [0.29, 0.717) is 0 Å². The van der Waals surface area contributed by atoms with Gasteiger partial charge in [-0.3, -0.25) is 0 Å². The van der Waals surface area contributed by atoms with Crippen molar-refractivity contribution < 1.29 is 9.84 Å². The normalized spacial score (nSPS) is 11.0. The molecule has 1 heterocycles. The van der Waals surface area contributed by atoms with E-state index in [4.69, 9.17) is 4.74 Å². The second kappa shape index (κ2) is 5.92. The minimum Gasteiger partial charge on any atom is -0.496 e. The number of aliphatic hydroxyl groups excluding tert-OH is 1. The van der Waals surface area contributed by atoms with Crippen LogP contribution in [0.3, 0.4) is 0 Å². The molecule has 1 N–H and O–H groups in total. The first-order chi connectivity index (χ1) is 10.2. The zero-order valence-electron chi connectivity index (χ0n) is 11.7. The number of methoxy groups -OCH3 is 1. The summed E-state index contributed by atoms with van der Waals surface area (Å²) >= 11 is 3.50. The van der Waals surface area contributed by atoms with Gasteiger partial charge in [-0.2, -0.15) is 0 Å². The Labute approximate surface area is 131 Å². The number of benzene rings is 2. The maximum atomic E-state index is 9.42. The molecule has 4 heteroatoms. The summed E-state index contributed by atoms with van der Waals surface area (Å²) in [7, 11) is 1.68. The Kier molecular flexibility index (Phi) is 3.99. The van der Waals surface area contributed by atoms with Crippen LogP contribution < -0.4 is 4.74 Å². The molecule has 0 radical (unpaired) electrons. The highest BCUT2D eigenvalue weighted by atomic mass is 79.9. The molecule has 3 aromatic rings. The van der Waals surface area contributed by atoms with Crippen molar-refractivity contribution in [2.24, 2.45) is 0 Å². The lowest BCUT2D eigenvalue weighted by molar-refractivity contribution is 0.283. The third-order valence-corrected chi connectivity index (χ3v) is 4.15. The zero-order chi connectivity index (χ0) is 14.8. The van der Waals surface area contributed by atoms with Gasteiger partial charge in [0.2, 0.25) is 0 Å². The van der Waals surface area contributed by atoms with Gasteiger partial charge in [0.15, 0.2) is 0 Å². The molecule has 2 aromatic carbocycles. The van der Waals surface area contributed by atoms with Crippen molar-refractivity contribution in [2.75, 3.05) is 7.11 Å². The number of aliphatic hydroxyl groups is 1. The van der Waals surface area contributed by atoms with E-state index in [1.54, 1.807) is 7.11 Å². The number of halogens is 1. The fraction of sp³-hybridized carbons (Fsp3) is 0.176. The van der Waals surface area contributed by atoms with E-state index in [1.165, 1.54) is 0 Å². The first-order valence-corrected chi connectivity index (χ1v) is 7.52. The van der Waals surface area contributed by atoms with Crippen molar-refractivity contribution >= 4 is 26.8 Å². The van der Waals surface area contributed by atoms with Crippen molar-refractivity contribution in [3.05, 3.63) is 64.3 Å². The van der Waals surface area contributed by atoms with Crippen molar-refractivity contribution in [1.82, 2.24) is 4.57 Å². The maximum absolute atomic E-state index is 9.42.